The fourth-order valence-electron chi connectivity index (χ4n) is 2.86. The van der Waals surface area contributed by atoms with Crippen molar-refractivity contribution in [1.82, 2.24) is 0 Å². The summed E-state index contributed by atoms with van der Waals surface area (Å²) in [5.74, 6) is 1.77. The molecule has 130 valence electrons. The van der Waals surface area contributed by atoms with E-state index >= 15 is 0 Å². The van der Waals surface area contributed by atoms with Gasteiger partial charge in [0.15, 0.2) is 5.12 Å². The second-order valence-electron chi connectivity index (χ2n) is 6.15. The second-order valence-corrected chi connectivity index (χ2v) is 7.35. The molecule has 3 rings (SSSR count). The summed E-state index contributed by atoms with van der Waals surface area (Å²) in [6.07, 6.45) is 0.495. The molecule has 0 aliphatic carbocycles. The average Bonchev–Trinajstić information content (AvgIpc) is 3.00. The molecule has 1 aliphatic heterocycles. The third kappa shape index (κ3) is 4.86. The molecule has 1 atom stereocenters. The van der Waals surface area contributed by atoms with E-state index in [2.05, 4.69) is 0 Å². The number of anilines is 1. The minimum atomic E-state index is 0.0993. The topological polar surface area (TPSA) is 46.6 Å². The van der Waals surface area contributed by atoms with Gasteiger partial charge in [0.25, 0.3) is 0 Å². The van der Waals surface area contributed by atoms with Gasteiger partial charge >= 0.3 is 0 Å². The fraction of sp³-hybridized carbons (Fsp3) is 0.300. The molecule has 0 spiro atoms. The molecule has 1 amide bonds. The number of thioether (sulfide) groups is 1. The minimum absolute atomic E-state index is 0.0993. The molecule has 2 aromatic rings. The van der Waals surface area contributed by atoms with Gasteiger partial charge in [-0.3, -0.25) is 9.59 Å². The van der Waals surface area contributed by atoms with E-state index in [4.69, 9.17) is 4.74 Å². The third-order valence-corrected chi connectivity index (χ3v) is 5.15. The van der Waals surface area contributed by atoms with Crippen LogP contribution < -0.4 is 9.64 Å². The van der Waals surface area contributed by atoms with E-state index in [0.717, 1.165) is 17.0 Å². The summed E-state index contributed by atoms with van der Waals surface area (Å²) in [5, 5.41) is 0.0993. The van der Waals surface area contributed by atoms with E-state index in [9.17, 15) is 9.59 Å². The van der Waals surface area contributed by atoms with Crippen LogP contribution in [0.5, 0.6) is 5.75 Å². The highest BCUT2D eigenvalue weighted by molar-refractivity contribution is 8.13. The molecule has 0 radical (unpaired) electrons. The quantitative estimate of drug-likeness (QED) is 0.788. The van der Waals surface area contributed by atoms with E-state index in [1.54, 1.807) is 11.8 Å². The molecular formula is C20H21NO3S. The number of hydrogen-bond donors (Lipinski definition) is 0. The summed E-state index contributed by atoms with van der Waals surface area (Å²) < 4.78 is 5.85. The van der Waals surface area contributed by atoms with E-state index < -0.39 is 0 Å². The lowest BCUT2D eigenvalue weighted by atomic mass is 10.1. The number of carbonyl (C=O) groups is 2. The molecule has 1 unspecified atom stereocenters. The highest BCUT2D eigenvalue weighted by Gasteiger charge is 2.30. The standard InChI is InChI=1S/C20H21NO3S/c1-15(22)25-14-17-10-20(23)21(12-17)18-8-5-9-19(11-18)24-13-16-6-3-2-4-7-16/h2-9,11,17H,10,12-14H2,1H3. The Labute approximate surface area is 152 Å². The summed E-state index contributed by atoms with van der Waals surface area (Å²) in [4.78, 5) is 25.2. The number of amides is 1. The van der Waals surface area contributed by atoms with Crippen LogP contribution in [0.15, 0.2) is 54.6 Å². The van der Waals surface area contributed by atoms with Crippen molar-refractivity contribution in [3.05, 3.63) is 60.2 Å². The predicted molar refractivity (Wildman–Crippen MR) is 101 cm³/mol. The van der Waals surface area contributed by atoms with Crippen molar-refractivity contribution in [1.29, 1.82) is 0 Å². The molecule has 5 heteroatoms. The molecule has 0 bridgehead atoms. The first-order valence-electron chi connectivity index (χ1n) is 8.32. The Bertz CT molecular complexity index is 748. The highest BCUT2D eigenvalue weighted by Crippen LogP contribution is 2.29. The van der Waals surface area contributed by atoms with Gasteiger partial charge in [-0.1, -0.05) is 48.2 Å². The summed E-state index contributed by atoms with van der Waals surface area (Å²) >= 11 is 1.29. The number of ether oxygens (including phenoxy) is 1. The zero-order chi connectivity index (χ0) is 17.6. The average molecular weight is 355 g/mol. The Morgan fingerprint density at radius 3 is 2.76 bits per heavy atom. The van der Waals surface area contributed by atoms with Gasteiger partial charge < -0.3 is 9.64 Å². The Morgan fingerprint density at radius 2 is 2.00 bits per heavy atom. The number of rotatable bonds is 6. The van der Waals surface area contributed by atoms with E-state index in [1.807, 2.05) is 54.6 Å². The van der Waals surface area contributed by atoms with Crippen molar-refractivity contribution in [3.63, 3.8) is 0 Å². The van der Waals surface area contributed by atoms with Crippen LogP contribution in [0.1, 0.15) is 18.9 Å². The molecule has 2 aromatic carbocycles. The molecule has 1 heterocycles. The largest absolute Gasteiger partial charge is 0.489 e. The van der Waals surface area contributed by atoms with Gasteiger partial charge in [-0.2, -0.15) is 0 Å². The van der Waals surface area contributed by atoms with Crippen LogP contribution in [0.4, 0.5) is 5.69 Å². The first-order valence-corrected chi connectivity index (χ1v) is 9.31. The van der Waals surface area contributed by atoms with Gasteiger partial charge in [-0.25, -0.2) is 0 Å². The van der Waals surface area contributed by atoms with Crippen LogP contribution >= 0.6 is 11.8 Å². The zero-order valence-electron chi connectivity index (χ0n) is 14.2. The van der Waals surface area contributed by atoms with Crippen molar-refractivity contribution in [3.8, 4) is 5.75 Å². The van der Waals surface area contributed by atoms with E-state index in [-0.39, 0.29) is 16.9 Å². The van der Waals surface area contributed by atoms with Gasteiger partial charge in [-0.05, 0) is 23.6 Å². The lowest BCUT2D eigenvalue weighted by Crippen LogP contribution is -2.24. The predicted octanol–water partition coefficient (Wildman–Crippen LogP) is 3.90. The zero-order valence-corrected chi connectivity index (χ0v) is 15.0. The molecule has 25 heavy (non-hydrogen) atoms. The molecule has 1 aliphatic rings. The lowest BCUT2D eigenvalue weighted by Gasteiger charge is -2.18. The Hall–Kier alpha value is -2.27. The van der Waals surface area contributed by atoms with Crippen molar-refractivity contribution in [2.75, 3.05) is 17.2 Å². The van der Waals surface area contributed by atoms with Gasteiger partial charge in [-0.15, -0.1) is 0 Å². The van der Waals surface area contributed by atoms with Gasteiger partial charge in [0.1, 0.15) is 12.4 Å². The van der Waals surface area contributed by atoms with Crippen LogP contribution in [0.2, 0.25) is 0 Å². The summed E-state index contributed by atoms with van der Waals surface area (Å²) in [7, 11) is 0. The van der Waals surface area contributed by atoms with Gasteiger partial charge in [0.05, 0.1) is 0 Å². The molecule has 4 nitrogen and oxygen atoms in total. The molecular weight excluding hydrogens is 334 g/mol. The number of carbonyl (C=O) groups excluding carboxylic acids is 2. The van der Waals surface area contributed by atoms with Crippen LogP contribution in [-0.4, -0.2) is 23.3 Å². The molecule has 0 aromatic heterocycles. The first kappa shape index (κ1) is 17.5. The van der Waals surface area contributed by atoms with Gasteiger partial charge in [0.2, 0.25) is 5.91 Å². The van der Waals surface area contributed by atoms with Crippen molar-refractivity contribution >= 4 is 28.5 Å². The maximum Gasteiger partial charge on any atom is 0.227 e. The lowest BCUT2D eigenvalue weighted by molar-refractivity contribution is -0.117. The molecule has 0 saturated carbocycles. The molecule has 0 N–H and O–H groups in total. The van der Waals surface area contributed by atoms with Gasteiger partial charge in [0, 0.05) is 37.4 Å². The Balaban J connectivity index is 1.63. The molecule has 1 saturated heterocycles. The summed E-state index contributed by atoms with van der Waals surface area (Å²) in [6.45, 7) is 2.71. The normalized spacial score (nSPS) is 16.9. The van der Waals surface area contributed by atoms with Crippen LogP contribution in [0, 0.1) is 5.92 Å². The Morgan fingerprint density at radius 1 is 1.20 bits per heavy atom. The maximum atomic E-state index is 12.3. The van der Waals surface area contributed by atoms with Crippen molar-refractivity contribution in [2.45, 2.75) is 20.0 Å². The fourth-order valence-corrected chi connectivity index (χ4v) is 3.55. The Kier molecular flexibility index (Phi) is 5.76. The number of benzene rings is 2. The monoisotopic (exact) mass is 355 g/mol. The second kappa shape index (κ2) is 8.21. The molecule has 1 fully saturated rings. The summed E-state index contributed by atoms with van der Waals surface area (Å²) in [6, 6.07) is 17.6. The smallest absolute Gasteiger partial charge is 0.227 e. The third-order valence-electron chi connectivity index (χ3n) is 4.11. The van der Waals surface area contributed by atoms with Crippen molar-refractivity contribution in [2.24, 2.45) is 5.92 Å². The van der Waals surface area contributed by atoms with Crippen LogP contribution in [-0.2, 0) is 16.2 Å². The van der Waals surface area contributed by atoms with Crippen molar-refractivity contribution < 1.29 is 14.3 Å². The number of hydrogen-bond acceptors (Lipinski definition) is 4. The van der Waals surface area contributed by atoms with E-state index in [1.165, 1.54) is 11.8 Å². The SMILES string of the molecule is CC(=O)SCC1CC(=O)N(c2cccc(OCc3ccccc3)c2)C1. The minimum Gasteiger partial charge on any atom is -0.489 e. The van der Waals surface area contributed by atoms with Crippen LogP contribution in [0.25, 0.3) is 0 Å². The maximum absolute atomic E-state index is 12.3. The summed E-state index contributed by atoms with van der Waals surface area (Å²) in [5.41, 5.74) is 1.96. The van der Waals surface area contributed by atoms with Crippen LogP contribution in [0.3, 0.4) is 0 Å². The first-order chi connectivity index (χ1) is 12.1. The van der Waals surface area contributed by atoms with E-state index in [0.29, 0.717) is 25.3 Å². The highest BCUT2D eigenvalue weighted by atomic mass is 32.2. The number of nitrogens with zero attached hydrogens (tertiary/aromatic N) is 1.